The molecule has 16 heteroatoms. The summed E-state index contributed by atoms with van der Waals surface area (Å²) < 4.78 is 17.7. The van der Waals surface area contributed by atoms with E-state index in [1.54, 1.807) is 49.6 Å². The molecule has 1 aliphatic heterocycles. The topological polar surface area (TPSA) is 209 Å². The average molecular weight is 1170 g/mol. The van der Waals surface area contributed by atoms with Crippen molar-refractivity contribution in [1.29, 1.82) is 0 Å². The van der Waals surface area contributed by atoms with Crippen molar-refractivity contribution in [1.82, 2.24) is 5.32 Å². The zero-order chi connectivity index (χ0) is 36.6. The first-order valence-electron chi connectivity index (χ1n) is 16.5. The number of hydrogen-bond donors (Lipinski definition) is 6. The summed E-state index contributed by atoms with van der Waals surface area (Å²) in [6, 6.07) is 10.1. The van der Waals surface area contributed by atoms with Gasteiger partial charge in [-0.15, -0.1) is 11.3 Å². The molecular formula is C36H43Ac2NO12S. The van der Waals surface area contributed by atoms with Crippen molar-refractivity contribution in [3.8, 4) is 0 Å². The van der Waals surface area contributed by atoms with Crippen LogP contribution in [0.3, 0.4) is 0 Å². The molecule has 2 saturated carbocycles. The Morgan fingerprint density at radius 1 is 1.02 bits per heavy atom. The standard InChI is InChI=1S/C36H43NO12S.2Ac/c1-17-20(48-32(44)27(41)25(37-18(2)38)21-12-9-13-50-21)15-36(46)30(49-31(43)19-10-7-6-8-11-19)28-34(5,22(39)14-23-35(28,45)16-47-23)29(42)26(40)24(17)33(36,3)4;;/h6-13,20,22-23,25-28,30,39-41,45-46H,14-16H2,1-5H3,(H,37,38);;/t20?,22?,23?,25?,26?,27?,28?,30?,34-,35?,36?;;/m1../s1. The van der Waals surface area contributed by atoms with Gasteiger partial charge in [0.2, 0.25) is 5.91 Å². The fraction of sp³-hybridized carbons (Fsp3) is 0.556. The van der Waals surface area contributed by atoms with Crippen LogP contribution in [0.15, 0.2) is 59.0 Å². The van der Waals surface area contributed by atoms with Crippen molar-refractivity contribution in [3.05, 3.63) is 69.4 Å². The molecule has 2 aromatic rings. The Morgan fingerprint density at radius 2 is 1.67 bits per heavy atom. The fourth-order valence-corrected chi connectivity index (χ4v) is 9.52. The van der Waals surface area contributed by atoms with Crippen LogP contribution in [-0.4, -0.2) is 104 Å². The van der Waals surface area contributed by atoms with E-state index >= 15 is 0 Å². The molecule has 52 heavy (non-hydrogen) atoms. The summed E-state index contributed by atoms with van der Waals surface area (Å²) in [5.41, 5.74) is -7.36. The molecule has 6 N–H and O–H groups in total. The van der Waals surface area contributed by atoms with Crippen LogP contribution in [0, 0.1) is 105 Å². The van der Waals surface area contributed by atoms with Gasteiger partial charge in [0.25, 0.3) is 0 Å². The van der Waals surface area contributed by atoms with Crippen molar-refractivity contribution in [2.75, 3.05) is 6.61 Å². The third kappa shape index (κ3) is 7.01. The molecule has 11 atom stereocenters. The SMILES string of the molecule is CC(=O)NC(c1cccs1)C(O)C(=O)OC1CC2(O)C(OC(=O)c3ccccc3)C3C4(O)COC4CC(O)[C@@]3(C)C(=O)C(O)C(=C1C)C2(C)C.[Ac].[Ac]. The zero-order valence-corrected chi connectivity index (χ0v) is 39.8. The van der Waals surface area contributed by atoms with E-state index in [-0.39, 0.29) is 118 Å². The largest absolute Gasteiger partial charge is 0.456 e. The molecule has 10 unspecified atom stereocenters. The molecule has 1 amide bonds. The number of ether oxygens (including phenoxy) is 3. The van der Waals surface area contributed by atoms with Crippen molar-refractivity contribution >= 4 is 35.0 Å². The number of benzene rings is 1. The predicted molar refractivity (Wildman–Crippen MR) is 176 cm³/mol. The number of aliphatic hydroxyl groups is 5. The Hall–Kier alpha value is -0.617. The number of carbonyl (C=O) groups is 4. The van der Waals surface area contributed by atoms with Gasteiger partial charge in [-0.3, -0.25) is 9.59 Å². The van der Waals surface area contributed by atoms with Crippen molar-refractivity contribution in [2.24, 2.45) is 16.7 Å². The third-order valence-electron chi connectivity index (χ3n) is 11.6. The Morgan fingerprint density at radius 3 is 2.23 bits per heavy atom. The van der Waals surface area contributed by atoms with Gasteiger partial charge in [0.05, 0.1) is 29.8 Å². The molecule has 3 fully saturated rings. The van der Waals surface area contributed by atoms with Crippen LogP contribution in [0.5, 0.6) is 0 Å². The smallest absolute Gasteiger partial charge is 0.338 e. The quantitative estimate of drug-likeness (QED) is 0.172. The van der Waals surface area contributed by atoms with Crippen LogP contribution in [-0.2, 0) is 28.6 Å². The zero-order valence-electron chi connectivity index (χ0n) is 29.5. The summed E-state index contributed by atoms with van der Waals surface area (Å²) in [6.45, 7) is 6.96. The van der Waals surface area contributed by atoms with Crippen LogP contribution in [0.25, 0.3) is 0 Å². The molecule has 1 aromatic carbocycles. The number of aliphatic hydroxyl groups excluding tert-OH is 3. The average Bonchev–Trinajstić information content (AvgIpc) is 3.60. The van der Waals surface area contributed by atoms with E-state index < -0.39 is 101 Å². The Bertz CT molecular complexity index is 1720. The number of carbonyl (C=O) groups excluding carboxylic acids is 4. The number of fused-ring (bicyclic) bond motifs is 5. The van der Waals surface area contributed by atoms with Crippen LogP contribution in [0.4, 0.5) is 0 Å². The second kappa shape index (κ2) is 16.1. The number of Topliss-reactive ketones (excluding diaryl/α,β-unsaturated/α-hetero) is 1. The fourth-order valence-electron chi connectivity index (χ4n) is 8.72. The molecule has 2 radical (unpaired) electrons. The van der Waals surface area contributed by atoms with E-state index in [0.717, 1.165) is 0 Å². The van der Waals surface area contributed by atoms with Gasteiger partial charge >= 0.3 is 11.9 Å². The van der Waals surface area contributed by atoms with Crippen LogP contribution in [0.2, 0.25) is 0 Å². The molecule has 1 aromatic heterocycles. The Balaban J connectivity index is 0.00000302. The molecule has 6 rings (SSSR count). The molecule has 1 saturated heterocycles. The van der Waals surface area contributed by atoms with E-state index in [0.29, 0.717) is 4.88 Å². The summed E-state index contributed by atoms with van der Waals surface area (Å²) in [5.74, 6) is -4.94. The van der Waals surface area contributed by atoms with E-state index in [2.05, 4.69) is 5.32 Å². The van der Waals surface area contributed by atoms with Gasteiger partial charge in [0, 0.05) is 124 Å². The van der Waals surface area contributed by atoms with Gasteiger partial charge < -0.3 is 45.1 Å². The Kier molecular flexibility index (Phi) is 13.6. The molecule has 2 bridgehead atoms. The summed E-state index contributed by atoms with van der Waals surface area (Å²) in [6.07, 6.45) is -10.0. The summed E-state index contributed by atoms with van der Waals surface area (Å²) in [4.78, 5) is 54.5. The first-order chi connectivity index (χ1) is 23.4. The third-order valence-corrected chi connectivity index (χ3v) is 12.6. The van der Waals surface area contributed by atoms with E-state index in [4.69, 9.17) is 14.2 Å². The monoisotopic (exact) mass is 1170 g/mol. The van der Waals surface area contributed by atoms with Crippen LogP contribution >= 0.6 is 11.3 Å². The van der Waals surface area contributed by atoms with Crippen molar-refractivity contribution < 1.29 is 147 Å². The number of rotatable bonds is 7. The van der Waals surface area contributed by atoms with Crippen molar-refractivity contribution in [3.63, 3.8) is 0 Å². The Labute approximate surface area is 377 Å². The summed E-state index contributed by atoms with van der Waals surface area (Å²) >= 11 is 1.20. The summed E-state index contributed by atoms with van der Waals surface area (Å²) in [7, 11) is 0. The molecule has 2 heterocycles. The van der Waals surface area contributed by atoms with Gasteiger partial charge in [0.1, 0.15) is 35.6 Å². The van der Waals surface area contributed by atoms with Gasteiger partial charge in [-0.1, -0.05) is 38.1 Å². The maximum atomic E-state index is 14.6. The maximum absolute atomic E-state index is 14.6. The second-order valence-electron chi connectivity index (χ2n) is 14.7. The van der Waals surface area contributed by atoms with Gasteiger partial charge in [-0.05, 0) is 48.6 Å². The van der Waals surface area contributed by atoms with Gasteiger partial charge in [0.15, 0.2) is 11.9 Å². The second-order valence-corrected chi connectivity index (χ2v) is 15.7. The number of thiophene rings is 1. The van der Waals surface area contributed by atoms with E-state index in [1.165, 1.54) is 44.2 Å². The summed E-state index contributed by atoms with van der Waals surface area (Å²) in [5, 5.41) is 64.2. The molecule has 4 aliphatic rings. The van der Waals surface area contributed by atoms with Crippen molar-refractivity contribution in [2.45, 2.75) is 101 Å². The number of hydrogen-bond acceptors (Lipinski definition) is 13. The number of esters is 2. The van der Waals surface area contributed by atoms with E-state index in [9.17, 15) is 44.7 Å². The minimum Gasteiger partial charge on any atom is -0.456 e. The minimum absolute atomic E-state index is 0. The maximum Gasteiger partial charge on any atom is 0.338 e. The molecule has 276 valence electrons. The predicted octanol–water partition coefficient (Wildman–Crippen LogP) is 1.36. The molecule has 0 spiro atoms. The number of nitrogens with one attached hydrogen (secondary N) is 1. The first kappa shape index (κ1) is 44.1. The number of ketones is 1. The first-order valence-corrected chi connectivity index (χ1v) is 17.4. The van der Waals surface area contributed by atoms with Crippen LogP contribution < -0.4 is 5.32 Å². The van der Waals surface area contributed by atoms with Gasteiger partial charge in [-0.2, -0.15) is 0 Å². The molecule has 13 nitrogen and oxygen atoms in total. The van der Waals surface area contributed by atoms with E-state index in [1.807, 2.05) is 0 Å². The number of amides is 1. The van der Waals surface area contributed by atoms with Gasteiger partial charge in [-0.25, -0.2) is 9.59 Å². The minimum atomic E-state index is -2.27. The normalized spacial score (nSPS) is 35.7. The molecular weight excluding hydrogens is 1120 g/mol. The van der Waals surface area contributed by atoms with Crippen LogP contribution in [0.1, 0.15) is 68.7 Å². The molecule has 3 aliphatic carbocycles.